The first-order valence-corrected chi connectivity index (χ1v) is 2.15. The standard InChI is InChI=1S/C5H9N3/c1-5(6)3-8-4-7-2/h3-4H,1,6H2,2H3. The van der Waals surface area contributed by atoms with Crippen molar-refractivity contribution in [3.05, 3.63) is 12.3 Å². The summed E-state index contributed by atoms with van der Waals surface area (Å²) in [5.41, 5.74) is 5.56. The number of nitrogens with two attached hydrogens (primary N) is 1. The van der Waals surface area contributed by atoms with E-state index in [9.17, 15) is 0 Å². The highest BCUT2D eigenvalue weighted by Crippen LogP contribution is 1.66. The fraction of sp³-hybridized carbons (Fsp3) is 0.200. The SMILES string of the molecule is C=C(N)C=NC=NC. The molecule has 8 heavy (non-hydrogen) atoms. The van der Waals surface area contributed by atoms with E-state index in [1.807, 2.05) is 0 Å². The summed E-state index contributed by atoms with van der Waals surface area (Å²) in [5.74, 6) is 0. The van der Waals surface area contributed by atoms with Crippen molar-refractivity contribution in [2.45, 2.75) is 0 Å². The molecule has 0 aliphatic heterocycles. The van der Waals surface area contributed by atoms with Gasteiger partial charge < -0.3 is 5.73 Å². The van der Waals surface area contributed by atoms with Gasteiger partial charge in [0.1, 0.15) is 6.34 Å². The summed E-state index contributed by atoms with van der Waals surface area (Å²) in [5, 5.41) is 0. The fourth-order valence-corrected chi connectivity index (χ4v) is 0.196. The van der Waals surface area contributed by atoms with Crippen LogP contribution in [0.15, 0.2) is 22.3 Å². The first-order chi connectivity index (χ1) is 3.77. The van der Waals surface area contributed by atoms with E-state index in [2.05, 4.69) is 16.6 Å². The van der Waals surface area contributed by atoms with Crippen molar-refractivity contribution in [1.82, 2.24) is 0 Å². The van der Waals surface area contributed by atoms with Crippen LogP contribution in [0.2, 0.25) is 0 Å². The van der Waals surface area contributed by atoms with Crippen LogP contribution in [0, 0.1) is 0 Å². The van der Waals surface area contributed by atoms with Crippen LogP contribution in [-0.2, 0) is 0 Å². The molecule has 44 valence electrons. The topological polar surface area (TPSA) is 50.7 Å². The summed E-state index contributed by atoms with van der Waals surface area (Å²) in [6.45, 7) is 3.39. The molecular weight excluding hydrogens is 102 g/mol. The van der Waals surface area contributed by atoms with Crippen LogP contribution in [-0.4, -0.2) is 19.6 Å². The molecule has 0 aromatic rings. The Morgan fingerprint density at radius 2 is 2.38 bits per heavy atom. The van der Waals surface area contributed by atoms with Crippen LogP contribution in [0.3, 0.4) is 0 Å². The maximum atomic E-state index is 5.13. The molecule has 0 atom stereocenters. The van der Waals surface area contributed by atoms with Crippen molar-refractivity contribution in [3.8, 4) is 0 Å². The third-order valence-electron chi connectivity index (χ3n) is 0.422. The van der Waals surface area contributed by atoms with Crippen LogP contribution < -0.4 is 5.73 Å². The molecule has 0 bridgehead atoms. The first-order valence-electron chi connectivity index (χ1n) is 2.15. The van der Waals surface area contributed by atoms with Gasteiger partial charge in [0.05, 0.1) is 6.21 Å². The highest BCUT2D eigenvalue weighted by atomic mass is 14.8. The summed E-state index contributed by atoms with van der Waals surface area (Å²) >= 11 is 0. The Balaban J connectivity index is 3.50. The fourth-order valence-electron chi connectivity index (χ4n) is 0.196. The average molecular weight is 111 g/mol. The Morgan fingerprint density at radius 1 is 1.75 bits per heavy atom. The molecule has 0 amide bonds. The lowest BCUT2D eigenvalue weighted by Gasteiger charge is -1.79. The monoisotopic (exact) mass is 111 g/mol. The maximum absolute atomic E-state index is 5.13. The summed E-state index contributed by atoms with van der Waals surface area (Å²) in [6.07, 6.45) is 2.84. The summed E-state index contributed by atoms with van der Waals surface area (Å²) < 4.78 is 0. The van der Waals surface area contributed by atoms with Gasteiger partial charge in [-0.25, -0.2) is 4.99 Å². The lowest BCUT2D eigenvalue weighted by molar-refractivity contribution is 1.44. The first kappa shape index (κ1) is 6.88. The van der Waals surface area contributed by atoms with Gasteiger partial charge in [0.25, 0.3) is 0 Å². The second-order valence-corrected chi connectivity index (χ2v) is 1.23. The van der Waals surface area contributed by atoms with Gasteiger partial charge >= 0.3 is 0 Å². The highest BCUT2D eigenvalue weighted by molar-refractivity contribution is 5.83. The molecule has 0 aliphatic rings. The van der Waals surface area contributed by atoms with Gasteiger partial charge in [-0.05, 0) is 0 Å². The zero-order valence-electron chi connectivity index (χ0n) is 4.83. The number of nitrogens with zero attached hydrogens (tertiary/aromatic N) is 2. The molecule has 0 aromatic carbocycles. The molecule has 0 heterocycles. The van der Waals surface area contributed by atoms with Gasteiger partial charge in [-0.2, -0.15) is 0 Å². The maximum Gasteiger partial charge on any atom is 0.109 e. The number of hydrogen-bond donors (Lipinski definition) is 1. The number of hydrogen-bond acceptors (Lipinski definition) is 2. The van der Waals surface area contributed by atoms with E-state index in [-0.39, 0.29) is 0 Å². The minimum absolute atomic E-state index is 0.435. The molecule has 0 rings (SSSR count). The Morgan fingerprint density at radius 3 is 2.75 bits per heavy atom. The normalized spacial score (nSPS) is 11.1. The van der Waals surface area contributed by atoms with Gasteiger partial charge in [-0.1, -0.05) is 6.58 Å². The van der Waals surface area contributed by atoms with Crippen LogP contribution in [0.5, 0.6) is 0 Å². The minimum Gasteiger partial charge on any atom is -0.398 e. The molecule has 3 nitrogen and oxygen atoms in total. The van der Waals surface area contributed by atoms with E-state index in [1.165, 1.54) is 12.6 Å². The number of rotatable bonds is 2. The molecule has 0 radical (unpaired) electrons. The molecule has 0 aliphatic carbocycles. The van der Waals surface area contributed by atoms with Crippen molar-refractivity contribution in [3.63, 3.8) is 0 Å². The highest BCUT2D eigenvalue weighted by Gasteiger charge is 1.68. The van der Waals surface area contributed by atoms with Crippen molar-refractivity contribution >= 4 is 12.6 Å². The largest absolute Gasteiger partial charge is 0.398 e. The second kappa shape index (κ2) is 4.05. The third-order valence-corrected chi connectivity index (χ3v) is 0.422. The Labute approximate surface area is 48.6 Å². The van der Waals surface area contributed by atoms with Crippen LogP contribution in [0.25, 0.3) is 0 Å². The lowest BCUT2D eigenvalue weighted by atomic mass is 10.6. The molecule has 0 aromatic heterocycles. The summed E-state index contributed by atoms with van der Waals surface area (Å²) in [6, 6.07) is 0. The van der Waals surface area contributed by atoms with Crippen molar-refractivity contribution in [1.29, 1.82) is 0 Å². The van der Waals surface area contributed by atoms with E-state index in [0.29, 0.717) is 5.70 Å². The number of allylic oxidation sites excluding steroid dienone is 1. The van der Waals surface area contributed by atoms with E-state index < -0.39 is 0 Å². The third kappa shape index (κ3) is 4.88. The zero-order valence-corrected chi connectivity index (χ0v) is 4.83. The smallest absolute Gasteiger partial charge is 0.109 e. The van der Waals surface area contributed by atoms with Gasteiger partial charge in [0.2, 0.25) is 0 Å². The molecule has 0 unspecified atom stereocenters. The van der Waals surface area contributed by atoms with Crippen LogP contribution in [0.1, 0.15) is 0 Å². The lowest BCUT2D eigenvalue weighted by Crippen LogP contribution is -1.94. The molecule has 3 heteroatoms. The molecule has 0 saturated heterocycles. The van der Waals surface area contributed by atoms with E-state index >= 15 is 0 Å². The Hall–Kier alpha value is -1.12. The van der Waals surface area contributed by atoms with Gasteiger partial charge in [-0.3, -0.25) is 4.99 Å². The summed E-state index contributed by atoms with van der Waals surface area (Å²) in [4.78, 5) is 7.24. The van der Waals surface area contributed by atoms with E-state index in [4.69, 9.17) is 5.73 Å². The van der Waals surface area contributed by atoms with Gasteiger partial charge in [0.15, 0.2) is 0 Å². The molecule has 0 saturated carbocycles. The summed E-state index contributed by atoms with van der Waals surface area (Å²) in [7, 11) is 1.64. The molecule has 0 fully saturated rings. The van der Waals surface area contributed by atoms with Gasteiger partial charge in [-0.15, -0.1) is 0 Å². The Bertz CT molecular complexity index is 124. The molecule has 0 spiro atoms. The van der Waals surface area contributed by atoms with Crippen molar-refractivity contribution in [2.24, 2.45) is 15.7 Å². The Kier molecular flexibility index (Phi) is 3.48. The van der Waals surface area contributed by atoms with Crippen LogP contribution >= 0.6 is 0 Å². The van der Waals surface area contributed by atoms with Crippen molar-refractivity contribution < 1.29 is 0 Å². The van der Waals surface area contributed by atoms with E-state index in [0.717, 1.165) is 0 Å². The molecular formula is C5H9N3. The minimum atomic E-state index is 0.435. The van der Waals surface area contributed by atoms with Crippen molar-refractivity contribution in [2.75, 3.05) is 7.05 Å². The number of aliphatic imine (C=N–C) groups is 2. The zero-order chi connectivity index (χ0) is 6.41. The quantitative estimate of drug-likeness (QED) is 0.401. The second-order valence-electron chi connectivity index (χ2n) is 1.23. The van der Waals surface area contributed by atoms with Crippen LogP contribution in [0.4, 0.5) is 0 Å². The predicted molar refractivity (Wildman–Crippen MR) is 36.2 cm³/mol. The average Bonchev–Trinajstić information content (AvgIpc) is 1.66. The van der Waals surface area contributed by atoms with E-state index in [1.54, 1.807) is 7.05 Å². The van der Waals surface area contributed by atoms with Gasteiger partial charge in [0, 0.05) is 12.7 Å². The predicted octanol–water partition coefficient (Wildman–Crippen LogP) is 0.188. The molecule has 2 N–H and O–H groups in total.